The van der Waals surface area contributed by atoms with Crippen molar-refractivity contribution in [1.82, 2.24) is 5.32 Å². The average molecular weight is 1260 g/mol. The molecule has 0 bridgehead atoms. The molecule has 0 aromatic heterocycles. The molecule has 9 heteroatoms. The minimum Gasteiger partial charge on any atom is -0.387 e. The number of carbonyl (C=O) groups is 1. The number of likely N-dealkylation sites (N-methyl/N-ethyl adjacent to an activating group) is 1. The van der Waals surface area contributed by atoms with Gasteiger partial charge in [-0.05, 0) is 64.2 Å². The molecule has 0 aliphatic carbocycles. The van der Waals surface area contributed by atoms with Gasteiger partial charge in [-0.3, -0.25) is 13.8 Å². The van der Waals surface area contributed by atoms with Crippen LogP contribution in [0.5, 0.6) is 0 Å². The van der Waals surface area contributed by atoms with E-state index in [1.807, 2.05) is 27.2 Å². The summed E-state index contributed by atoms with van der Waals surface area (Å²) in [4.78, 5) is 23.5. The molecule has 3 unspecified atom stereocenters. The van der Waals surface area contributed by atoms with Crippen molar-refractivity contribution in [2.45, 2.75) is 386 Å². The van der Waals surface area contributed by atoms with Crippen LogP contribution in [0.25, 0.3) is 0 Å². The topological polar surface area (TPSA) is 105 Å². The molecular weight excluding hydrogens is 1100 g/mol. The maximum absolute atomic E-state index is 13.1. The molecule has 3 atom stereocenters. The van der Waals surface area contributed by atoms with E-state index < -0.39 is 20.0 Å². The number of amides is 1. The van der Waals surface area contributed by atoms with Crippen molar-refractivity contribution in [3.63, 3.8) is 0 Å². The van der Waals surface area contributed by atoms with E-state index in [-0.39, 0.29) is 19.1 Å². The third kappa shape index (κ3) is 71.4. The number of aliphatic hydroxyl groups excluding tert-OH is 1. The Morgan fingerprint density at radius 2 is 0.682 bits per heavy atom. The van der Waals surface area contributed by atoms with E-state index in [4.69, 9.17) is 9.05 Å². The molecule has 88 heavy (non-hydrogen) atoms. The van der Waals surface area contributed by atoms with Gasteiger partial charge in [0.2, 0.25) is 5.91 Å². The van der Waals surface area contributed by atoms with Gasteiger partial charge in [0.05, 0.1) is 39.9 Å². The van der Waals surface area contributed by atoms with Crippen molar-refractivity contribution < 1.29 is 32.9 Å². The number of aliphatic hydroxyl groups is 1. The zero-order valence-electron chi connectivity index (χ0n) is 59.2. The summed E-state index contributed by atoms with van der Waals surface area (Å²) in [5.74, 6) is -0.170. The maximum Gasteiger partial charge on any atom is 0.472 e. The molecule has 0 saturated carbocycles. The molecule has 0 aliphatic rings. The standard InChI is InChI=1S/C79H149N2O6P/c1-6-8-10-12-14-16-18-20-22-24-26-28-30-32-34-35-36-37-38-39-40-41-42-43-44-45-47-49-51-53-55-57-59-61-63-65-67-69-71-73-79(83)80-77(76-87-88(84,85)86-75-74-81(3,4)5)78(82)72-70-68-66-64-62-60-58-56-54-52-50-48-46-33-31-29-27-25-23-21-19-17-15-13-11-9-7-2/h8,10,14,16,20,22,26,28,32,34,70,72,77-78,82H,6-7,9,11-13,15,17-19,21,23-25,27,29-31,33,35-69,71,73-76H2,1-5H3,(H-,80,83,84,85)/p+1/b10-8-,16-14-,22-20-,28-26-,34-32-,72-70+. The molecule has 3 N–H and O–H groups in total. The van der Waals surface area contributed by atoms with E-state index in [9.17, 15) is 19.4 Å². The van der Waals surface area contributed by atoms with Gasteiger partial charge in [0.1, 0.15) is 13.2 Å². The molecule has 516 valence electrons. The summed E-state index contributed by atoms with van der Waals surface area (Å²) < 4.78 is 23.9. The van der Waals surface area contributed by atoms with Gasteiger partial charge in [-0.2, -0.15) is 0 Å². The molecule has 8 nitrogen and oxygen atoms in total. The lowest BCUT2D eigenvalue weighted by Gasteiger charge is -2.25. The molecule has 0 aromatic carbocycles. The Labute approximate surface area is 548 Å². The zero-order chi connectivity index (χ0) is 64.1. The van der Waals surface area contributed by atoms with Gasteiger partial charge in [0, 0.05) is 6.42 Å². The smallest absolute Gasteiger partial charge is 0.387 e. The Kier molecular flexibility index (Phi) is 67.7. The number of nitrogens with one attached hydrogen (secondary N) is 1. The zero-order valence-corrected chi connectivity index (χ0v) is 60.1. The van der Waals surface area contributed by atoms with Crippen LogP contribution < -0.4 is 5.32 Å². The highest BCUT2D eigenvalue weighted by Gasteiger charge is 2.28. The van der Waals surface area contributed by atoms with Crippen molar-refractivity contribution in [3.05, 3.63) is 72.9 Å². The first-order valence-corrected chi connectivity index (χ1v) is 39.8. The average Bonchev–Trinajstić information content (AvgIpc) is 3.70. The van der Waals surface area contributed by atoms with E-state index in [2.05, 4.69) is 79.9 Å². The summed E-state index contributed by atoms with van der Waals surface area (Å²) in [5, 5.41) is 14.0. The quantitative estimate of drug-likeness (QED) is 0.0243. The monoisotopic (exact) mass is 1250 g/mol. The number of phosphoric acid groups is 1. The number of unbranched alkanes of at least 4 members (excludes halogenated alkanes) is 48. The van der Waals surface area contributed by atoms with Crippen molar-refractivity contribution in [3.8, 4) is 0 Å². The minimum atomic E-state index is -4.36. The summed E-state index contributed by atoms with van der Waals surface area (Å²) in [6.45, 7) is 4.76. The second-order valence-electron chi connectivity index (χ2n) is 27.4. The second kappa shape index (κ2) is 69.3. The van der Waals surface area contributed by atoms with Gasteiger partial charge in [-0.15, -0.1) is 0 Å². The Morgan fingerprint density at radius 1 is 0.398 bits per heavy atom. The highest BCUT2D eigenvalue weighted by atomic mass is 31.2. The predicted octanol–water partition coefficient (Wildman–Crippen LogP) is 24.9. The number of carbonyl (C=O) groups excluding carboxylic acids is 1. The fourth-order valence-electron chi connectivity index (χ4n) is 11.5. The van der Waals surface area contributed by atoms with Crippen molar-refractivity contribution in [2.24, 2.45) is 0 Å². The molecule has 0 spiro atoms. The van der Waals surface area contributed by atoms with Gasteiger partial charge < -0.3 is 19.8 Å². The van der Waals surface area contributed by atoms with Gasteiger partial charge in [0.25, 0.3) is 0 Å². The Hall–Kier alpha value is -2.06. The van der Waals surface area contributed by atoms with E-state index in [0.717, 1.165) is 70.6 Å². The van der Waals surface area contributed by atoms with Gasteiger partial charge in [-0.1, -0.05) is 376 Å². The van der Waals surface area contributed by atoms with Crippen LogP contribution in [0.2, 0.25) is 0 Å². The van der Waals surface area contributed by atoms with Crippen LogP contribution in [0.15, 0.2) is 72.9 Å². The highest BCUT2D eigenvalue weighted by Crippen LogP contribution is 2.43. The first-order valence-electron chi connectivity index (χ1n) is 38.3. The predicted molar refractivity (Wildman–Crippen MR) is 387 cm³/mol. The van der Waals surface area contributed by atoms with Crippen LogP contribution in [0.3, 0.4) is 0 Å². The van der Waals surface area contributed by atoms with Crippen molar-refractivity contribution in [2.75, 3.05) is 40.9 Å². The molecule has 0 radical (unpaired) electrons. The van der Waals surface area contributed by atoms with Crippen LogP contribution in [-0.4, -0.2) is 73.4 Å². The van der Waals surface area contributed by atoms with E-state index in [1.165, 1.54) is 283 Å². The minimum absolute atomic E-state index is 0.0625. The van der Waals surface area contributed by atoms with E-state index >= 15 is 0 Å². The molecule has 0 aliphatic heterocycles. The fraction of sp³-hybridized carbons (Fsp3) is 0.835. The first-order chi connectivity index (χ1) is 43.0. The Morgan fingerprint density at radius 3 is 1.00 bits per heavy atom. The fourth-order valence-corrected chi connectivity index (χ4v) is 12.3. The maximum atomic E-state index is 13.1. The molecule has 0 fully saturated rings. The lowest BCUT2D eigenvalue weighted by Crippen LogP contribution is -2.45. The Balaban J connectivity index is 3.96. The third-order valence-corrected chi connectivity index (χ3v) is 18.4. The van der Waals surface area contributed by atoms with Crippen LogP contribution in [-0.2, 0) is 18.4 Å². The molecule has 0 heterocycles. The number of allylic oxidation sites excluding steroid dienone is 11. The van der Waals surface area contributed by atoms with E-state index in [0.29, 0.717) is 17.4 Å². The van der Waals surface area contributed by atoms with Crippen molar-refractivity contribution in [1.29, 1.82) is 0 Å². The highest BCUT2D eigenvalue weighted by molar-refractivity contribution is 7.47. The molecule has 0 saturated heterocycles. The lowest BCUT2D eigenvalue weighted by atomic mass is 10.0. The van der Waals surface area contributed by atoms with Gasteiger partial charge in [-0.25, -0.2) is 4.57 Å². The summed E-state index contributed by atoms with van der Waals surface area (Å²) in [6, 6.07) is -0.849. The SMILES string of the molecule is CC/C=C\C/C=C\C/C=C\C/C=C\C/C=C\CCCCCCCCCCCCCCCCCCCCCCCCCC(=O)NC(COP(=O)(O)OCC[N+](C)(C)C)C(O)/C=C/CCCCCCCCCCCCCCCCCCCCCCCCCCC. The first kappa shape index (κ1) is 85.9. The van der Waals surface area contributed by atoms with Crippen LogP contribution >= 0.6 is 7.82 Å². The van der Waals surface area contributed by atoms with E-state index in [1.54, 1.807) is 6.08 Å². The number of hydrogen-bond donors (Lipinski definition) is 3. The Bertz CT molecular complexity index is 1670. The number of nitrogens with zero attached hydrogens (tertiary/aromatic N) is 1. The van der Waals surface area contributed by atoms with Gasteiger partial charge >= 0.3 is 7.82 Å². The molecular formula is C79H150N2O6P+. The molecule has 0 rings (SSSR count). The van der Waals surface area contributed by atoms with Gasteiger partial charge in [0.15, 0.2) is 0 Å². The molecule has 0 aromatic rings. The summed E-state index contributed by atoms with van der Waals surface area (Å²) in [7, 11) is 1.59. The third-order valence-electron chi connectivity index (χ3n) is 17.4. The lowest BCUT2D eigenvalue weighted by molar-refractivity contribution is -0.870. The number of quaternary nitrogens is 1. The number of hydrogen-bond acceptors (Lipinski definition) is 5. The summed E-state index contributed by atoms with van der Waals surface area (Å²) in [6.07, 6.45) is 97.9. The van der Waals surface area contributed by atoms with Crippen LogP contribution in [0.4, 0.5) is 0 Å². The number of phosphoric ester groups is 1. The van der Waals surface area contributed by atoms with Crippen LogP contribution in [0, 0.1) is 0 Å². The summed E-state index contributed by atoms with van der Waals surface area (Å²) >= 11 is 0. The largest absolute Gasteiger partial charge is 0.472 e. The second-order valence-corrected chi connectivity index (χ2v) is 28.8. The number of rotatable bonds is 71. The van der Waals surface area contributed by atoms with Crippen molar-refractivity contribution >= 4 is 13.7 Å². The molecule has 1 amide bonds. The summed E-state index contributed by atoms with van der Waals surface area (Å²) in [5.41, 5.74) is 0. The van der Waals surface area contributed by atoms with Crippen LogP contribution in [0.1, 0.15) is 373 Å². The normalized spacial score (nSPS) is 13.9.